The highest BCUT2D eigenvalue weighted by atomic mass is 127. The molecule has 1 saturated heterocycles. The van der Waals surface area contributed by atoms with E-state index in [9.17, 15) is 4.79 Å². The van der Waals surface area contributed by atoms with Crippen LogP contribution in [0.5, 0.6) is 0 Å². The lowest BCUT2D eigenvalue weighted by Gasteiger charge is -2.26. The van der Waals surface area contributed by atoms with E-state index in [2.05, 4.69) is 42.2 Å². The SMILES string of the molecule is CN=C(NCCCN1CCCC1C(=O)N(C)C)N(C)Cc1ncc(-c2ccccc2)[nH]1.I. The number of aromatic nitrogens is 2. The van der Waals surface area contributed by atoms with Gasteiger partial charge in [0.05, 0.1) is 24.5 Å². The number of benzene rings is 1. The zero-order valence-corrected chi connectivity index (χ0v) is 21.9. The number of H-pyrrole nitrogens is 1. The van der Waals surface area contributed by atoms with Crippen molar-refractivity contribution in [3.05, 3.63) is 42.4 Å². The van der Waals surface area contributed by atoms with Crippen molar-refractivity contribution in [2.24, 2.45) is 4.99 Å². The molecule has 1 aromatic heterocycles. The highest BCUT2D eigenvalue weighted by molar-refractivity contribution is 14.0. The minimum absolute atomic E-state index is 0. The fourth-order valence-corrected chi connectivity index (χ4v) is 4.05. The van der Waals surface area contributed by atoms with Crippen LogP contribution in [-0.2, 0) is 11.3 Å². The van der Waals surface area contributed by atoms with Crippen LogP contribution in [0.4, 0.5) is 0 Å². The van der Waals surface area contributed by atoms with Gasteiger partial charge in [-0.05, 0) is 31.4 Å². The first-order chi connectivity index (χ1) is 15.0. The molecular weight excluding hydrogens is 517 g/mol. The number of aliphatic imine (C=N–C) groups is 1. The van der Waals surface area contributed by atoms with E-state index in [0.29, 0.717) is 6.54 Å². The molecule has 1 aromatic carbocycles. The topological polar surface area (TPSA) is 79.9 Å². The third-order valence-electron chi connectivity index (χ3n) is 5.67. The largest absolute Gasteiger partial charge is 0.356 e. The monoisotopic (exact) mass is 553 g/mol. The second-order valence-corrected chi connectivity index (χ2v) is 8.22. The lowest BCUT2D eigenvalue weighted by molar-refractivity contribution is -0.133. The molecule has 0 saturated carbocycles. The fraction of sp³-hybridized carbons (Fsp3) is 0.522. The van der Waals surface area contributed by atoms with Gasteiger partial charge >= 0.3 is 0 Å². The molecule has 1 amide bonds. The number of likely N-dealkylation sites (tertiary alicyclic amines) is 1. The predicted octanol–water partition coefficient (Wildman–Crippen LogP) is 2.64. The summed E-state index contributed by atoms with van der Waals surface area (Å²) in [6.07, 6.45) is 4.89. The highest BCUT2D eigenvalue weighted by Crippen LogP contribution is 2.19. The Balaban J connectivity index is 0.00000363. The van der Waals surface area contributed by atoms with Crippen molar-refractivity contribution in [3.63, 3.8) is 0 Å². The minimum atomic E-state index is 0. The van der Waals surface area contributed by atoms with Gasteiger partial charge in [0.1, 0.15) is 5.82 Å². The summed E-state index contributed by atoms with van der Waals surface area (Å²) in [7, 11) is 7.47. The Morgan fingerprint density at radius 3 is 2.72 bits per heavy atom. The average Bonchev–Trinajstić information content (AvgIpc) is 3.43. The van der Waals surface area contributed by atoms with Crippen molar-refractivity contribution in [2.75, 3.05) is 47.8 Å². The second-order valence-electron chi connectivity index (χ2n) is 8.22. The Morgan fingerprint density at radius 1 is 1.28 bits per heavy atom. The van der Waals surface area contributed by atoms with Gasteiger partial charge in [0, 0.05) is 41.3 Å². The summed E-state index contributed by atoms with van der Waals surface area (Å²) in [4.78, 5) is 30.7. The van der Waals surface area contributed by atoms with Crippen molar-refractivity contribution in [1.29, 1.82) is 0 Å². The maximum Gasteiger partial charge on any atom is 0.239 e. The Morgan fingerprint density at radius 2 is 2.03 bits per heavy atom. The number of nitrogens with one attached hydrogen (secondary N) is 2. The molecule has 176 valence electrons. The fourth-order valence-electron chi connectivity index (χ4n) is 4.05. The van der Waals surface area contributed by atoms with E-state index in [1.54, 1.807) is 11.9 Å². The predicted molar refractivity (Wildman–Crippen MR) is 140 cm³/mol. The summed E-state index contributed by atoms with van der Waals surface area (Å²) in [6.45, 7) is 3.36. The quantitative estimate of drug-likeness (QED) is 0.228. The molecule has 8 nitrogen and oxygen atoms in total. The molecule has 1 aliphatic rings. The molecule has 9 heteroatoms. The van der Waals surface area contributed by atoms with Crippen LogP contribution in [0.15, 0.2) is 41.5 Å². The van der Waals surface area contributed by atoms with Gasteiger partial charge in [0.15, 0.2) is 5.96 Å². The van der Waals surface area contributed by atoms with Crippen LogP contribution in [0.1, 0.15) is 25.1 Å². The third-order valence-corrected chi connectivity index (χ3v) is 5.67. The molecule has 3 rings (SSSR count). The molecule has 0 radical (unpaired) electrons. The van der Waals surface area contributed by atoms with Crippen LogP contribution >= 0.6 is 24.0 Å². The normalized spacial score (nSPS) is 16.5. The number of imidazole rings is 1. The highest BCUT2D eigenvalue weighted by Gasteiger charge is 2.31. The summed E-state index contributed by atoms with van der Waals surface area (Å²) in [5, 5.41) is 3.43. The molecule has 1 atom stereocenters. The van der Waals surface area contributed by atoms with Crippen LogP contribution in [-0.4, -0.2) is 90.4 Å². The van der Waals surface area contributed by atoms with Crippen molar-refractivity contribution < 1.29 is 4.79 Å². The molecular formula is C23H36IN7O. The van der Waals surface area contributed by atoms with E-state index in [1.165, 1.54) is 0 Å². The summed E-state index contributed by atoms with van der Waals surface area (Å²) in [5.41, 5.74) is 2.14. The number of carbonyl (C=O) groups is 1. The standard InChI is InChI=1S/C23H35N7O.HI/c1-24-23(25-13-9-15-30-14-8-12-20(30)22(31)28(2)3)29(4)17-21-26-16-19(27-21)18-10-6-5-7-11-18;/h5-7,10-11,16,20H,8-9,12-15,17H2,1-4H3,(H,24,25)(H,26,27);1H. The van der Waals surface area contributed by atoms with Crippen molar-refractivity contribution in [2.45, 2.75) is 31.8 Å². The van der Waals surface area contributed by atoms with E-state index in [0.717, 1.165) is 61.9 Å². The van der Waals surface area contributed by atoms with Crippen LogP contribution in [0.3, 0.4) is 0 Å². The van der Waals surface area contributed by atoms with Crippen molar-refractivity contribution in [1.82, 2.24) is 30.0 Å². The van der Waals surface area contributed by atoms with Crippen molar-refractivity contribution >= 4 is 35.8 Å². The number of amides is 1. The zero-order chi connectivity index (χ0) is 22.2. The number of hydrogen-bond donors (Lipinski definition) is 2. The second kappa shape index (κ2) is 12.8. The molecule has 0 aliphatic carbocycles. The molecule has 0 spiro atoms. The summed E-state index contributed by atoms with van der Waals surface area (Å²) < 4.78 is 0. The molecule has 1 fully saturated rings. The lowest BCUT2D eigenvalue weighted by atomic mass is 10.2. The maximum absolute atomic E-state index is 12.3. The van der Waals surface area contributed by atoms with Gasteiger partial charge in [0.2, 0.25) is 5.91 Å². The number of hydrogen-bond acceptors (Lipinski definition) is 4. The van der Waals surface area contributed by atoms with Gasteiger partial charge in [-0.2, -0.15) is 0 Å². The summed E-state index contributed by atoms with van der Waals surface area (Å²) in [6, 6.07) is 10.2. The number of aromatic amines is 1. The Kier molecular flexibility index (Phi) is 10.4. The van der Waals surface area contributed by atoms with Crippen LogP contribution in [0.25, 0.3) is 11.3 Å². The first-order valence-corrected chi connectivity index (χ1v) is 11.0. The smallest absolute Gasteiger partial charge is 0.239 e. The van der Waals surface area contributed by atoms with E-state index in [1.807, 2.05) is 45.5 Å². The number of rotatable bonds is 8. The number of likely N-dealkylation sites (N-methyl/N-ethyl adjacent to an activating group) is 1. The van der Waals surface area contributed by atoms with Gasteiger partial charge in [-0.15, -0.1) is 24.0 Å². The van der Waals surface area contributed by atoms with Crippen LogP contribution in [0, 0.1) is 0 Å². The summed E-state index contributed by atoms with van der Waals surface area (Å²) in [5.74, 6) is 1.95. The molecule has 2 heterocycles. The number of nitrogens with zero attached hydrogens (tertiary/aromatic N) is 5. The zero-order valence-electron chi connectivity index (χ0n) is 19.5. The molecule has 2 aromatic rings. The maximum atomic E-state index is 12.3. The molecule has 1 unspecified atom stereocenters. The first-order valence-electron chi connectivity index (χ1n) is 11.0. The van der Waals surface area contributed by atoms with Gasteiger partial charge in [-0.25, -0.2) is 4.98 Å². The number of halogens is 1. The molecule has 1 aliphatic heterocycles. The third kappa shape index (κ3) is 6.93. The van der Waals surface area contributed by atoms with Crippen LogP contribution in [0.2, 0.25) is 0 Å². The van der Waals surface area contributed by atoms with E-state index >= 15 is 0 Å². The Hall–Kier alpha value is -2.14. The molecule has 2 N–H and O–H groups in total. The van der Waals surface area contributed by atoms with Crippen molar-refractivity contribution in [3.8, 4) is 11.3 Å². The number of carbonyl (C=O) groups excluding carboxylic acids is 1. The molecule has 32 heavy (non-hydrogen) atoms. The lowest BCUT2D eigenvalue weighted by Crippen LogP contribution is -2.44. The van der Waals surface area contributed by atoms with Crippen LogP contribution < -0.4 is 5.32 Å². The van der Waals surface area contributed by atoms with E-state index < -0.39 is 0 Å². The van der Waals surface area contributed by atoms with Gasteiger partial charge in [0.25, 0.3) is 0 Å². The van der Waals surface area contributed by atoms with E-state index in [-0.39, 0.29) is 35.9 Å². The Labute approximate surface area is 208 Å². The molecule has 0 bridgehead atoms. The van der Waals surface area contributed by atoms with Gasteiger partial charge in [-0.3, -0.25) is 14.7 Å². The van der Waals surface area contributed by atoms with E-state index in [4.69, 9.17) is 0 Å². The average molecular weight is 553 g/mol. The summed E-state index contributed by atoms with van der Waals surface area (Å²) >= 11 is 0. The first kappa shape index (κ1) is 26.1. The minimum Gasteiger partial charge on any atom is -0.356 e. The van der Waals surface area contributed by atoms with Gasteiger partial charge in [-0.1, -0.05) is 30.3 Å². The number of guanidine groups is 1. The Bertz CT molecular complexity index is 868. The van der Waals surface area contributed by atoms with Gasteiger partial charge < -0.3 is 20.1 Å².